The second kappa shape index (κ2) is 12.5. The van der Waals surface area contributed by atoms with Gasteiger partial charge in [0, 0.05) is 0 Å². The first kappa shape index (κ1) is 23.3. The summed E-state index contributed by atoms with van der Waals surface area (Å²) in [6.07, 6.45) is 8.61. The van der Waals surface area contributed by atoms with E-state index in [1.807, 2.05) is 42.5 Å². The zero-order valence-corrected chi connectivity index (χ0v) is 18.9. The largest absolute Gasteiger partial charge is 0.494 e. The summed E-state index contributed by atoms with van der Waals surface area (Å²) in [5.74, 6) is 0.883. The molecule has 3 aromatic carbocycles. The molecule has 166 valence electrons. The van der Waals surface area contributed by atoms with Gasteiger partial charge in [-0.15, -0.1) is 6.58 Å². The fourth-order valence-electron chi connectivity index (χ4n) is 3.43. The van der Waals surface area contributed by atoms with Crippen LogP contribution in [-0.2, 0) is 6.42 Å². The fourth-order valence-corrected chi connectivity index (χ4v) is 3.43. The number of allylic oxidation sites excluding steroid dienone is 1. The van der Waals surface area contributed by atoms with Crippen molar-refractivity contribution in [2.24, 2.45) is 0 Å². The predicted octanol–water partition coefficient (Wildman–Crippen LogP) is 7.65. The van der Waals surface area contributed by atoms with Crippen molar-refractivity contribution in [1.82, 2.24) is 0 Å². The van der Waals surface area contributed by atoms with E-state index in [1.54, 1.807) is 12.1 Å². The molecule has 0 heterocycles. The molecule has 3 aromatic rings. The summed E-state index contributed by atoms with van der Waals surface area (Å²) >= 11 is 0. The van der Waals surface area contributed by atoms with Crippen LogP contribution in [-0.4, -0.2) is 12.6 Å². The minimum Gasteiger partial charge on any atom is -0.494 e. The van der Waals surface area contributed by atoms with Crippen LogP contribution in [0.25, 0.3) is 11.1 Å². The van der Waals surface area contributed by atoms with Crippen molar-refractivity contribution in [3.63, 3.8) is 0 Å². The Labute approximate surface area is 191 Å². The first-order valence-corrected chi connectivity index (χ1v) is 11.4. The van der Waals surface area contributed by atoms with Gasteiger partial charge in [-0.05, 0) is 78.8 Å². The number of esters is 1. The normalized spacial score (nSPS) is 10.5. The van der Waals surface area contributed by atoms with Crippen LogP contribution in [0, 0.1) is 0 Å². The molecule has 3 nitrogen and oxygen atoms in total. The van der Waals surface area contributed by atoms with Crippen LogP contribution in [0.15, 0.2) is 85.5 Å². The second-order valence-corrected chi connectivity index (χ2v) is 7.87. The lowest BCUT2D eigenvalue weighted by atomic mass is 10.0. The van der Waals surface area contributed by atoms with E-state index in [4.69, 9.17) is 9.47 Å². The number of unbranched alkanes of at least 4 members (excludes halogenated alkanes) is 3. The number of benzene rings is 3. The fraction of sp³-hybridized carbons (Fsp3) is 0.276. The quantitative estimate of drug-likeness (QED) is 0.129. The molecule has 0 aliphatic heterocycles. The Morgan fingerprint density at radius 2 is 1.44 bits per heavy atom. The number of hydrogen-bond acceptors (Lipinski definition) is 3. The van der Waals surface area contributed by atoms with Gasteiger partial charge in [0.2, 0.25) is 0 Å². The summed E-state index contributed by atoms with van der Waals surface area (Å²) in [6, 6.07) is 23.3. The molecule has 0 aromatic heterocycles. The molecule has 3 heteroatoms. The Kier molecular flexibility index (Phi) is 9.12. The third kappa shape index (κ3) is 7.12. The van der Waals surface area contributed by atoms with Gasteiger partial charge in [-0.1, -0.05) is 62.2 Å². The van der Waals surface area contributed by atoms with E-state index in [9.17, 15) is 4.79 Å². The average Bonchev–Trinajstić information content (AvgIpc) is 2.83. The van der Waals surface area contributed by atoms with Crippen molar-refractivity contribution >= 4 is 5.97 Å². The number of rotatable bonds is 12. The Morgan fingerprint density at radius 1 is 0.812 bits per heavy atom. The molecule has 32 heavy (non-hydrogen) atoms. The van der Waals surface area contributed by atoms with Crippen molar-refractivity contribution < 1.29 is 14.3 Å². The average molecular weight is 429 g/mol. The van der Waals surface area contributed by atoms with Crippen LogP contribution in [0.2, 0.25) is 0 Å². The third-order valence-electron chi connectivity index (χ3n) is 5.33. The molecule has 0 N–H and O–H groups in total. The maximum atomic E-state index is 12.5. The molecule has 0 aliphatic carbocycles. The van der Waals surface area contributed by atoms with E-state index >= 15 is 0 Å². The summed E-state index contributed by atoms with van der Waals surface area (Å²) in [5, 5.41) is 0. The summed E-state index contributed by atoms with van der Waals surface area (Å²) < 4.78 is 11.2. The van der Waals surface area contributed by atoms with Gasteiger partial charge in [0.1, 0.15) is 11.5 Å². The van der Waals surface area contributed by atoms with E-state index in [-0.39, 0.29) is 5.97 Å². The van der Waals surface area contributed by atoms with Gasteiger partial charge in [-0.2, -0.15) is 0 Å². The monoisotopic (exact) mass is 428 g/mol. The van der Waals surface area contributed by atoms with E-state index in [2.05, 4.69) is 37.8 Å². The highest BCUT2D eigenvalue weighted by molar-refractivity contribution is 5.91. The van der Waals surface area contributed by atoms with Crippen molar-refractivity contribution in [2.45, 2.75) is 45.4 Å². The zero-order chi connectivity index (χ0) is 22.6. The Morgan fingerprint density at radius 3 is 2.06 bits per heavy atom. The van der Waals surface area contributed by atoms with Crippen molar-refractivity contribution in [3.05, 3.63) is 96.6 Å². The molecule has 0 saturated carbocycles. The van der Waals surface area contributed by atoms with Crippen LogP contribution in [0.1, 0.15) is 54.9 Å². The lowest BCUT2D eigenvalue weighted by Gasteiger charge is -2.08. The number of ether oxygens (including phenoxy) is 2. The summed E-state index contributed by atoms with van der Waals surface area (Å²) in [4.78, 5) is 12.5. The van der Waals surface area contributed by atoms with Gasteiger partial charge in [-0.3, -0.25) is 0 Å². The van der Waals surface area contributed by atoms with Crippen molar-refractivity contribution in [3.8, 4) is 22.6 Å². The molecule has 0 atom stereocenters. The van der Waals surface area contributed by atoms with Crippen LogP contribution in [0.3, 0.4) is 0 Å². The van der Waals surface area contributed by atoms with Gasteiger partial charge in [-0.25, -0.2) is 4.79 Å². The van der Waals surface area contributed by atoms with E-state index in [0.717, 1.165) is 36.1 Å². The van der Waals surface area contributed by atoms with Crippen LogP contribution in [0.5, 0.6) is 11.5 Å². The van der Waals surface area contributed by atoms with Crippen LogP contribution < -0.4 is 9.47 Å². The van der Waals surface area contributed by atoms with E-state index in [1.165, 1.54) is 24.8 Å². The van der Waals surface area contributed by atoms with Crippen LogP contribution >= 0.6 is 0 Å². The first-order valence-electron chi connectivity index (χ1n) is 11.4. The maximum Gasteiger partial charge on any atom is 0.343 e. The molecular weight excluding hydrogens is 396 g/mol. The van der Waals surface area contributed by atoms with Crippen molar-refractivity contribution in [2.75, 3.05) is 6.61 Å². The predicted molar refractivity (Wildman–Crippen MR) is 131 cm³/mol. The lowest BCUT2D eigenvalue weighted by Crippen LogP contribution is -2.08. The topological polar surface area (TPSA) is 35.5 Å². The molecule has 0 bridgehead atoms. The molecular formula is C29H32O3. The maximum absolute atomic E-state index is 12.5. The van der Waals surface area contributed by atoms with Gasteiger partial charge < -0.3 is 9.47 Å². The van der Waals surface area contributed by atoms with E-state index in [0.29, 0.717) is 17.9 Å². The third-order valence-corrected chi connectivity index (χ3v) is 5.33. The molecule has 0 spiro atoms. The smallest absolute Gasteiger partial charge is 0.343 e. The Balaban J connectivity index is 1.54. The second-order valence-electron chi connectivity index (χ2n) is 7.87. The highest BCUT2D eigenvalue weighted by atomic mass is 16.5. The molecule has 0 aliphatic rings. The SMILES string of the molecule is C=CCCCOc1ccc(OC(=O)c2ccc(-c3ccc(CCCCC)cc3)cc2)cc1. The molecule has 0 radical (unpaired) electrons. The minimum atomic E-state index is -0.373. The first-order chi connectivity index (χ1) is 15.7. The zero-order valence-electron chi connectivity index (χ0n) is 18.9. The van der Waals surface area contributed by atoms with Gasteiger partial charge >= 0.3 is 5.97 Å². The summed E-state index contributed by atoms with van der Waals surface area (Å²) in [7, 11) is 0. The number of aryl methyl sites for hydroxylation is 1. The summed E-state index contributed by atoms with van der Waals surface area (Å²) in [6.45, 7) is 6.56. The van der Waals surface area contributed by atoms with E-state index < -0.39 is 0 Å². The van der Waals surface area contributed by atoms with Crippen LogP contribution in [0.4, 0.5) is 0 Å². The van der Waals surface area contributed by atoms with Gasteiger partial charge in [0.15, 0.2) is 0 Å². The summed E-state index contributed by atoms with van der Waals surface area (Å²) in [5.41, 5.74) is 4.12. The Bertz CT molecular complexity index is 970. The minimum absolute atomic E-state index is 0.373. The van der Waals surface area contributed by atoms with Gasteiger partial charge in [0.05, 0.1) is 12.2 Å². The molecule has 0 saturated heterocycles. The molecule has 0 amide bonds. The molecule has 0 fully saturated rings. The van der Waals surface area contributed by atoms with Crippen molar-refractivity contribution in [1.29, 1.82) is 0 Å². The standard InChI is InChI=1S/C29H32O3/c1-3-5-7-9-23-10-12-24(13-11-23)25-14-16-26(17-15-25)29(30)32-28-20-18-27(19-21-28)31-22-8-6-4-2/h4,10-21H,2-3,5-9,22H2,1H3. The number of hydrogen-bond donors (Lipinski definition) is 0. The molecule has 0 unspecified atom stereocenters. The Hall–Kier alpha value is -3.33. The number of carbonyl (C=O) groups excluding carboxylic acids is 1. The lowest BCUT2D eigenvalue weighted by molar-refractivity contribution is 0.0734. The highest BCUT2D eigenvalue weighted by Crippen LogP contribution is 2.23. The number of carbonyl (C=O) groups is 1. The highest BCUT2D eigenvalue weighted by Gasteiger charge is 2.09. The molecule has 3 rings (SSSR count). The van der Waals surface area contributed by atoms with Gasteiger partial charge in [0.25, 0.3) is 0 Å².